The maximum absolute atomic E-state index is 12.7. The number of halogens is 1. The van der Waals surface area contributed by atoms with Gasteiger partial charge >= 0.3 is 0 Å². The molecule has 138 valence electrons. The van der Waals surface area contributed by atoms with E-state index in [0.717, 1.165) is 19.4 Å². The lowest BCUT2D eigenvalue weighted by atomic mass is 9.98. The molecule has 0 saturated carbocycles. The molecular weight excluding hydrogens is 372 g/mol. The van der Waals surface area contributed by atoms with Gasteiger partial charge in [0.1, 0.15) is 0 Å². The van der Waals surface area contributed by atoms with Crippen molar-refractivity contribution in [1.82, 2.24) is 9.62 Å². The molecule has 1 aliphatic rings. The summed E-state index contributed by atoms with van der Waals surface area (Å²) in [6.45, 7) is 3.38. The lowest BCUT2D eigenvalue weighted by molar-refractivity contribution is 0.270. The highest BCUT2D eigenvalue weighted by Gasteiger charge is 2.29. The van der Waals surface area contributed by atoms with Gasteiger partial charge in [0.2, 0.25) is 10.0 Å². The molecule has 0 aromatic heterocycles. The largest absolute Gasteiger partial charge is 0.319 e. The maximum atomic E-state index is 12.7. The number of hydrogen-bond acceptors (Lipinski definition) is 5. The van der Waals surface area contributed by atoms with Crippen molar-refractivity contribution in [3.05, 3.63) is 24.3 Å². The first-order chi connectivity index (χ1) is 10.8. The third kappa shape index (κ3) is 4.70. The molecule has 1 saturated heterocycles. The molecule has 1 N–H and O–H groups in total. The Labute approximate surface area is 151 Å². The van der Waals surface area contributed by atoms with Crippen LogP contribution in [-0.2, 0) is 19.9 Å². The zero-order valence-electron chi connectivity index (χ0n) is 13.9. The Morgan fingerprint density at radius 3 is 2.25 bits per heavy atom. The van der Waals surface area contributed by atoms with Crippen LogP contribution < -0.4 is 5.32 Å². The summed E-state index contributed by atoms with van der Waals surface area (Å²) in [5.41, 5.74) is 0. The molecule has 1 aromatic rings. The molecule has 0 amide bonds. The number of nitrogens with one attached hydrogen (secondary N) is 1. The highest BCUT2D eigenvalue weighted by Crippen LogP contribution is 2.25. The first kappa shape index (κ1) is 21.4. The predicted octanol–water partition coefficient (Wildman–Crippen LogP) is 1.52. The number of hydrogen-bond donors (Lipinski definition) is 1. The first-order valence-corrected chi connectivity index (χ1v) is 10.9. The van der Waals surface area contributed by atoms with Crippen LogP contribution in [0.15, 0.2) is 34.1 Å². The van der Waals surface area contributed by atoms with E-state index in [0.29, 0.717) is 19.0 Å². The summed E-state index contributed by atoms with van der Waals surface area (Å²) in [7, 11) is -5.17. The summed E-state index contributed by atoms with van der Waals surface area (Å²) in [5, 5.41) is 3.12. The summed E-state index contributed by atoms with van der Waals surface area (Å²) in [5.74, 6) is 0.435. The minimum Gasteiger partial charge on any atom is -0.319 e. The maximum Gasteiger partial charge on any atom is 0.243 e. The van der Waals surface area contributed by atoms with Gasteiger partial charge in [-0.05, 0) is 50.6 Å². The molecule has 2 rings (SSSR count). The lowest BCUT2D eigenvalue weighted by Crippen LogP contribution is -2.40. The van der Waals surface area contributed by atoms with Gasteiger partial charge in [0.15, 0.2) is 9.84 Å². The average molecular weight is 397 g/mol. The molecule has 0 aliphatic carbocycles. The monoisotopic (exact) mass is 396 g/mol. The highest BCUT2D eigenvalue weighted by molar-refractivity contribution is 7.91. The van der Waals surface area contributed by atoms with Crippen LogP contribution in [0.2, 0.25) is 0 Å². The normalized spacial score (nSPS) is 17.4. The topological polar surface area (TPSA) is 83.5 Å². The Hall–Kier alpha value is -0.670. The Morgan fingerprint density at radius 2 is 1.71 bits per heavy atom. The predicted molar refractivity (Wildman–Crippen MR) is 96.8 cm³/mol. The van der Waals surface area contributed by atoms with Crippen molar-refractivity contribution in [1.29, 1.82) is 0 Å². The van der Waals surface area contributed by atoms with E-state index in [9.17, 15) is 16.8 Å². The molecule has 0 bridgehead atoms. The average Bonchev–Trinajstić information content (AvgIpc) is 2.56. The molecule has 24 heavy (non-hydrogen) atoms. The zero-order chi connectivity index (χ0) is 17.1. The molecule has 1 aromatic carbocycles. The highest BCUT2D eigenvalue weighted by atomic mass is 35.5. The van der Waals surface area contributed by atoms with Gasteiger partial charge in [0, 0.05) is 13.1 Å². The van der Waals surface area contributed by atoms with E-state index in [1.165, 1.54) is 28.6 Å². The summed E-state index contributed by atoms with van der Waals surface area (Å²) >= 11 is 0. The number of sulfonamides is 1. The van der Waals surface area contributed by atoms with Crippen molar-refractivity contribution in [3.8, 4) is 0 Å². The van der Waals surface area contributed by atoms with Gasteiger partial charge in [-0.1, -0.05) is 13.0 Å². The van der Waals surface area contributed by atoms with E-state index < -0.39 is 19.9 Å². The third-order valence-corrected chi connectivity index (χ3v) is 7.88. The standard InChI is InChI=1S/C15H24N2O4S2.ClH/c1-3-22(18,19)14-5-4-6-15(11-14)23(20,21)17-9-7-13(8-10-17)12-16-2;/h4-6,11,13,16H,3,7-10,12H2,1-2H3;1H. The van der Waals surface area contributed by atoms with Crippen LogP contribution in [0.5, 0.6) is 0 Å². The Morgan fingerprint density at radius 1 is 1.12 bits per heavy atom. The summed E-state index contributed by atoms with van der Waals surface area (Å²) in [6.07, 6.45) is 1.63. The number of rotatable bonds is 6. The van der Waals surface area contributed by atoms with Crippen LogP contribution >= 0.6 is 12.4 Å². The van der Waals surface area contributed by atoms with Crippen LogP contribution in [0.3, 0.4) is 0 Å². The van der Waals surface area contributed by atoms with Crippen LogP contribution in [-0.4, -0.2) is 53.6 Å². The minimum absolute atomic E-state index is 0. The fraction of sp³-hybridized carbons (Fsp3) is 0.600. The van der Waals surface area contributed by atoms with Crippen LogP contribution in [0.4, 0.5) is 0 Å². The van der Waals surface area contributed by atoms with Crippen LogP contribution in [0.25, 0.3) is 0 Å². The van der Waals surface area contributed by atoms with Crippen molar-refractivity contribution in [2.24, 2.45) is 5.92 Å². The molecule has 9 heteroatoms. The third-order valence-electron chi connectivity index (χ3n) is 4.25. The second kappa shape index (κ2) is 8.62. The van der Waals surface area contributed by atoms with Crippen molar-refractivity contribution < 1.29 is 16.8 Å². The fourth-order valence-electron chi connectivity index (χ4n) is 2.79. The number of nitrogens with zero attached hydrogens (tertiary/aromatic N) is 1. The van der Waals surface area contributed by atoms with Crippen LogP contribution in [0, 0.1) is 5.92 Å². The Kier molecular flexibility index (Phi) is 7.68. The van der Waals surface area contributed by atoms with Gasteiger partial charge < -0.3 is 5.32 Å². The van der Waals surface area contributed by atoms with E-state index in [4.69, 9.17) is 0 Å². The molecule has 1 fully saturated rings. The summed E-state index contributed by atoms with van der Waals surface area (Å²) in [6, 6.07) is 5.66. The summed E-state index contributed by atoms with van der Waals surface area (Å²) in [4.78, 5) is 0.116. The van der Waals surface area contributed by atoms with Gasteiger partial charge in [0.05, 0.1) is 15.5 Å². The van der Waals surface area contributed by atoms with E-state index >= 15 is 0 Å². The van der Waals surface area contributed by atoms with E-state index in [2.05, 4.69) is 5.32 Å². The molecule has 0 unspecified atom stereocenters. The van der Waals surface area contributed by atoms with Gasteiger partial charge in [-0.2, -0.15) is 4.31 Å². The Bertz CT molecular complexity index is 742. The summed E-state index contributed by atoms with van der Waals surface area (Å²) < 4.78 is 50.8. The number of piperidine rings is 1. The molecule has 1 aliphatic heterocycles. The minimum atomic E-state index is -3.64. The number of benzene rings is 1. The first-order valence-electron chi connectivity index (χ1n) is 7.79. The van der Waals surface area contributed by atoms with Gasteiger partial charge in [0.25, 0.3) is 0 Å². The molecule has 0 radical (unpaired) electrons. The smallest absolute Gasteiger partial charge is 0.243 e. The second-order valence-corrected chi connectivity index (χ2v) is 10.00. The van der Waals surface area contributed by atoms with Crippen molar-refractivity contribution in [2.45, 2.75) is 29.6 Å². The van der Waals surface area contributed by atoms with E-state index in [1.54, 1.807) is 6.92 Å². The SMILES string of the molecule is CCS(=O)(=O)c1cccc(S(=O)(=O)N2CCC(CNC)CC2)c1.Cl. The van der Waals surface area contributed by atoms with Crippen LogP contribution in [0.1, 0.15) is 19.8 Å². The quantitative estimate of drug-likeness (QED) is 0.788. The molecular formula is C15H25ClN2O4S2. The van der Waals surface area contributed by atoms with Crippen molar-refractivity contribution in [3.63, 3.8) is 0 Å². The van der Waals surface area contributed by atoms with Crippen molar-refractivity contribution in [2.75, 3.05) is 32.4 Å². The number of sulfone groups is 1. The zero-order valence-corrected chi connectivity index (χ0v) is 16.4. The van der Waals surface area contributed by atoms with Gasteiger partial charge in [-0.25, -0.2) is 16.8 Å². The fourth-order valence-corrected chi connectivity index (χ4v) is 5.30. The lowest BCUT2D eigenvalue weighted by Gasteiger charge is -2.31. The molecule has 6 nitrogen and oxygen atoms in total. The molecule has 0 spiro atoms. The van der Waals surface area contributed by atoms with Gasteiger partial charge in [-0.15, -0.1) is 12.4 Å². The van der Waals surface area contributed by atoms with E-state index in [-0.39, 0.29) is 28.0 Å². The second-order valence-electron chi connectivity index (χ2n) is 5.78. The molecule has 0 atom stereocenters. The molecule has 1 heterocycles. The Balaban J connectivity index is 0.00000288. The van der Waals surface area contributed by atoms with Crippen molar-refractivity contribution >= 4 is 32.3 Å². The van der Waals surface area contributed by atoms with E-state index in [1.807, 2.05) is 7.05 Å². The van der Waals surface area contributed by atoms with Gasteiger partial charge in [-0.3, -0.25) is 0 Å².